The van der Waals surface area contributed by atoms with Crippen molar-refractivity contribution >= 4 is 5.69 Å². The molecule has 0 fully saturated rings. The summed E-state index contributed by atoms with van der Waals surface area (Å²) in [7, 11) is 0. The fourth-order valence-electron chi connectivity index (χ4n) is 1.06. The molecule has 1 aromatic carbocycles. The second-order valence-electron chi connectivity index (χ2n) is 2.76. The molecule has 0 aromatic heterocycles. The molecular formula is C10H16BrN. The van der Waals surface area contributed by atoms with Crippen LogP contribution >= 0.6 is 0 Å². The van der Waals surface area contributed by atoms with Crippen molar-refractivity contribution < 1.29 is 22.3 Å². The smallest absolute Gasteiger partial charge is 0.129 e. The minimum absolute atomic E-state index is 0. The van der Waals surface area contributed by atoms with Crippen LogP contribution in [0.5, 0.6) is 0 Å². The molecule has 0 radical (unpaired) electrons. The Labute approximate surface area is 85.0 Å². The van der Waals surface area contributed by atoms with Crippen LogP contribution in [-0.4, -0.2) is 6.54 Å². The lowest BCUT2D eigenvalue weighted by molar-refractivity contribution is -0.571. The highest BCUT2D eigenvalue weighted by atomic mass is 79.9. The lowest BCUT2D eigenvalue weighted by Gasteiger charge is -1.97. The molecule has 1 nitrogen and oxygen atoms in total. The van der Waals surface area contributed by atoms with Crippen LogP contribution in [0.2, 0.25) is 0 Å². The van der Waals surface area contributed by atoms with Gasteiger partial charge >= 0.3 is 0 Å². The highest BCUT2D eigenvalue weighted by Crippen LogP contribution is 1.95. The molecule has 2 heteroatoms. The zero-order valence-corrected chi connectivity index (χ0v) is 9.05. The molecule has 0 heterocycles. The van der Waals surface area contributed by atoms with Gasteiger partial charge in [-0.2, -0.15) is 0 Å². The van der Waals surface area contributed by atoms with Crippen LogP contribution in [0.25, 0.3) is 0 Å². The van der Waals surface area contributed by atoms with E-state index in [1.54, 1.807) is 0 Å². The van der Waals surface area contributed by atoms with Crippen LogP contribution in [0.3, 0.4) is 0 Å². The third-order valence-electron chi connectivity index (χ3n) is 1.74. The molecule has 0 saturated heterocycles. The molecule has 0 atom stereocenters. The Morgan fingerprint density at radius 3 is 2.42 bits per heavy atom. The largest absolute Gasteiger partial charge is 1.00 e. The van der Waals surface area contributed by atoms with E-state index in [1.807, 2.05) is 0 Å². The van der Waals surface area contributed by atoms with Gasteiger partial charge in [0.1, 0.15) is 5.69 Å². The molecule has 0 aliphatic carbocycles. The summed E-state index contributed by atoms with van der Waals surface area (Å²) in [6, 6.07) is 10.5. The summed E-state index contributed by atoms with van der Waals surface area (Å²) in [6.45, 7) is 3.43. The Kier molecular flexibility index (Phi) is 7.11. The molecule has 0 bridgehead atoms. The summed E-state index contributed by atoms with van der Waals surface area (Å²) in [5.74, 6) is 0. The van der Waals surface area contributed by atoms with E-state index in [4.69, 9.17) is 0 Å². The summed E-state index contributed by atoms with van der Waals surface area (Å²) in [6.07, 6.45) is 2.58. The van der Waals surface area contributed by atoms with Crippen LogP contribution in [0, 0.1) is 0 Å². The van der Waals surface area contributed by atoms with Gasteiger partial charge in [-0.25, -0.2) is 0 Å². The van der Waals surface area contributed by atoms with Crippen molar-refractivity contribution in [2.75, 3.05) is 6.54 Å². The van der Waals surface area contributed by atoms with E-state index in [0.29, 0.717) is 0 Å². The Balaban J connectivity index is 0.00000121. The minimum Gasteiger partial charge on any atom is -1.00 e. The fourth-order valence-corrected chi connectivity index (χ4v) is 1.06. The summed E-state index contributed by atoms with van der Waals surface area (Å²) >= 11 is 0. The highest BCUT2D eigenvalue weighted by Gasteiger charge is 1.91. The molecule has 0 amide bonds. The van der Waals surface area contributed by atoms with E-state index in [9.17, 15) is 0 Å². The van der Waals surface area contributed by atoms with Crippen LogP contribution in [0.4, 0.5) is 5.69 Å². The molecule has 1 rings (SSSR count). The van der Waals surface area contributed by atoms with Crippen molar-refractivity contribution in [2.45, 2.75) is 19.8 Å². The van der Waals surface area contributed by atoms with Gasteiger partial charge in [-0.15, -0.1) is 0 Å². The van der Waals surface area contributed by atoms with Gasteiger partial charge in [-0.3, -0.25) is 0 Å². The quantitative estimate of drug-likeness (QED) is 0.488. The minimum atomic E-state index is 0. The van der Waals surface area contributed by atoms with Gasteiger partial charge in [0, 0.05) is 0 Å². The van der Waals surface area contributed by atoms with E-state index < -0.39 is 0 Å². The first-order chi connectivity index (χ1) is 5.43. The third kappa shape index (κ3) is 4.52. The van der Waals surface area contributed by atoms with Gasteiger partial charge in [0.15, 0.2) is 0 Å². The van der Waals surface area contributed by atoms with Crippen LogP contribution in [0.15, 0.2) is 30.3 Å². The first-order valence-electron chi connectivity index (χ1n) is 4.31. The number of halogens is 1. The number of para-hydroxylation sites is 1. The lowest BCUT2D eigenvalue weighted by atomic mass is 10.3. The average molecular weight is 230 g/mol. The zero-order valence-electron chi connectivity index (χ0n) is 7.46. The standard InChI is InChI=1S/C10H15N.BrH/c1-2-3-9-11-10-7-5-4-6-8-10;/h4-8,11H,2-3,9H2,1H3;1H. The van der Waals surface area contributed by atoms with Crippen molar-refractivity contribution in [3.63, 3.8) is 0 Å². The van der Waals surface area contributed by atoms with Gasteiger partial charge in [0.2, 0.25) is 0 Å². The van der Waals surface area contributed by atoms with Crippen molar-refractivity contribution in [3.8, 4) is 0 Å². The van der Waals surface area contributed by atoms with E-state index >= 15 is 0 Å². The highest BCUT2D eigenvalue weighted by molar-refractivity contribution is 5.26. The molecule has 0 saturated carbocycles. The Hall–Kier alpha value is -0.340. The van der Waals surface area contributed by atoms with Gasteiger partial charge < -0.3 is 22.3 Å². The molecule has 0 spiro atoms. The summed E-state index contributed by atoms with van der Waals surface area (Å²) in [5.41, 5.74) is 1.35. The molecule has 12 heavy (non-hydrogen) atoms. The van der Waals surface area contributed by atoms with Gasteiger partial charge in [-0.05, 0) is 18.6 Å². The monoisotopic (exact) mass is 229 g/mol. The van der Waals surface area contributed by atoms with E-state index in [1.165, 1.54) is 25.1 Å². The van der Waals surface area contributed by atoms with Crippen molar-refractivity contribution in [1.29, 1.82) is 0 Å². The van der Waals surface area contributed by atoms with E-state index in [-0.39, 0.29) is 17.0 Å². The SMILES string of the molecule is CCCC[NH2+]c1ccccc1.[Br-]. The van der Waals surface area contributed by atoms with Crippen LogP contribution in [-0.2, 0) is 0 Å². The Morgan fingerprint density at radius 2 is 1.83 bits per heavy atom. The first kappa shape index (κ1) is 11.7. The number of rotatable bonds is 4. The van der Waals surface area contributed by atoms with Gasteiger partial charge in [-0.1, -0.05) is 31.5 Å². The number of hydrogen-bond acceptors (Lipinski definition) is 0. The van der Waals surface area contributed by atoms with Crippen molar-refractivity contribution in [1.82, 2.24) is 0 Å². The zero-order chi connectivity index (χ0) is 7.94. The molecule has 1 aromatic rings. The van der Waals surface area contributed by atoms with Crippen LogP contribution in [0.1, 0.15) is 19.8 Å². The maximum absolute atomic E-state index is 2.30. The maximum Gasteiger partial charge on any atom is 0.129 e. The Bertz CT molecular complexity index is 186. The van der Waals surface area contributed by atoms with Crippen molar-refractivity contribution in [3.05, 3.63) is 30.3 Å². The number of nitrogens with two attached hydrogens (primary N) is 1. The fraction of sp³-hybridized carbons (Fsp3) is 0.400. The summed E-state index contributed by atoms with van der Waals surface area (Å²) < 4.78 is 0. The molecule has 0 unspecified atom stereocenters. The van der Waals surface area contributed by atoms with Gasteiger partial charge in [0.05, 0.1) is 6.54 Å². The first-order valence-corrected chi connectivity index (χ1v) is 4.31. The predicted octanol–water partition coefficient (Wildman–Crippen LogP) is -1.31. The molecule has 0 aliphatic heterocycles. The number of unbranched alkanes of at least 4 members (excludes halogenated alkanes) is 1. The number of benzene rings is 1. The number of quaternary nitrogens is 1. The summed E-state index contributed by atoms with van der Waals surface area (Å²) in [5, 5.41) is 2.30. The molecular weight excluding hydrogens is 214 g/mol. The summed E-state index contributed by atoms with van der Waals surface area (Å²) in [4.78, 5) is 0. The normalized spacial score (nSPS) is 9.08. The van der Waals surface area contributed by atoms with Crippen molar-refractivity contribution in [2.24, 2.45) is 0 Å². The Morgan fingerprint density at radius 1 is 1.17 bits per heavy atom. The topological polar surface area (TPSA) is 16.6 Å². The number of hydrogen-bond donors (Lipinski definition) is 1. The average Bonchev–Trinajstić information content (AvgIpc) is 2.07. The second kappa shape index (κ2) is 7.32. The third-order valence-corrected chi connectivity index (χ3v) is 1.74. The molecule has 0 aliphatic rings. The van der Waals surface area contributed by atoms with E-state index in [0.717, 1.165) is 0 Å². The second-order valence-corrected chi connectivity index (χ2v) is 2.76. The van der Waals surface area contributed by atoms with Gasteiger partial charge in [0.25, 0.3) is 0 Å². The molecule has 2 N–H and O–H groups in total. The molecule has 68 valence electrons. The lowest BCUT2D eigenvalue weighted by Crippen LogP contribution is -3.00. The van der Waals surface area contributed by atoms with E-state index in [2.05, 4.69) is 42.6 Å². The van der Waals surface area contributed by atoms with Crippen LogP contribution < -0.4 is 22.3 Å². The maximum atomic E-state index is 2.30. The predicted molar refractivity (Wildman–Crippen MR) is 47.8 cm³/mol.